The van der Waals surface area contributed by atoms with E-state index >= 15 is 0 Å². The molecule has 1 aromatic rings. The summed E-state index contributed by atoms with van der Waals surface area (Å²) in [6.07, 6.45) is 0. The van der Waals surface area contributed by atoms with Crippen molar-refractivity contribution in [2.75, 3.05) is 26.9 Å². The summed E-state index contributed by atoms with van der Waals surface area (Å²) in [7, 11) is 1.60. The average molecular weight is 265 g/mol. The molecule has 0 bridgehead atoms. The van der Waals surface area contributed by atoms with Gasteiger partial charge in [0.2, 0.25) is 5.91 Å². The van der Waals surface area contributed by atoms with Crippen LogP contribution in [0.1, 0.15) is 11.1 Å². The van der Waals surface area contributed by atoms with Gasteiger partial charge >= 0.3 is 0 Å². The lowest BCUT2D eigenvalue weighted by Crippen LogP contribution is -2.56. The minimum absolute atomic E-state index is 0.176. The Morgan fingerprint density at radius 3 is 2.79 bits per heavy atom. The van der Waals surface area contributed by atoms with Crippen molar-refractivity contribution in [1.29, 1.82) is 0 Å². The van der Waals surface area contributed by atoms with Crippen LogP contribution in [0.2, 0.25) is 0 Å². The molecule has 19 heavy (non-hydrogen) atoms. The SMILES string of the molecule is COc1ccc(C)cc1CNC(=O)C1(CO)COC1. The van der Waals surface area contributed by atoms with E-state index in [9.17, 15) is 9.90 Å². The maximum Gasteiger partial charge on any atom is 0.233 e. The van der Waals surface area contributed by atoms with E-state index in [4.69, 9.17) is 9.47 Å². The normalized spacial score (nSPS) is 16.6. The van der Waals surface area contributed by atoms with E-state index in [2.05, 4.69) is 5.32 Å². The lowest BCUT2D eigenvalue weighted by atomic mass is 9.86. The van der Waals surface area contributed by atoms with E-state index in [0.29, 0.717) is 6.54 Å². The van der Waals surface area contributed by atoms with Gasteiger partial charge in [-0.2, -0.15) is 0 Å². The third-order valence-electron chi connectivity index (χ3n) is 3.42. The van der Waals surface area contributed by atoms with Crippen molar-refractivity contribution in [3.8, 4) is 5.75 Å². The predicted octanol–water partition coefficient (Wildman–Crippen LogP) is 0.629. The van der Waals surface area contributed by atoms with Crippen molar-refractivity contribution < 1.29 is 19.4 Å². The molecule has 1 aliphatic rings. The lowest BCUT2D eigenvalue weighted by molar-refractivity contribution is -0.170. The van der Waals surface area contributed by atoms with Crippen molar-refractivity contribution >= 4 is 5.91 Å². The Kier molecular flexibility index (Phi) is 4.07. The maximum atomic E-state index is 12.0. The molecule has 1 saturated heterocycles. The molecule has 2 rings (SSSR count). The second-order valence-corrected chi connectivity index (χ2v) is 4.93. The number of carbonyl (C=O) groups excluding carboxylic acids is 1. The van der Waals surface area contributed by atoms with Crippen LogP contribution < -0.4 is 10.1 Å². The van der Waals surface area contributed by atoms with Gasteiger partial charge in [0, 0.05) is 12.1 Å². The van der Waals surface area contributed by atoms with E-state index in [1.165, 1.54) is 0 Å². The molecule has 1 fully saturated rings. The van der Waals surface area contributed by atoms with Gasteiger partial charge in [0.1, 0.15) is 11.2 Å². The first kappa shape index (κ1) is 13.8. The molecular formula is C14H19NO4. The molecule has 5 nitrogen and oxygen atoms in total. The van der Waals surface area contributed by atoms with Gasteiger partial charge in [0.15, 0.2) is 0 Å². The highest BCUT2D eigenvalue weighted by Gasteiger charge is 2.45. The Labute approximate surface area is 112 Å². The Hall–Kier alpha value is -1.59. The Morgan fingerprint density at radius 2 is 2.26 bits per heavy atom. The monoisotopic (exact) mass is 265 g/mol. The highest BCUT2D eigenvalue weighted by atomic mass is 16.5. The second kappa shape index (κ2) is 5.59. The third-order valence-corrected chi connectivity index (χ3v) is 3.42. The molecule has 0 atom stereocenters. The van der Waals surface area contributed by atoms with Crippen LogP contribution in [-0.4, -0.2) is 37.9 Å². The van der Waals surface area contributed by atoms with E-state index in [1.807, 2.05) is 25.1 Å². The first-order valence-corrected chi connectivity index (χ1v) is 6.22. The molecule has 1 amide bonds. The minimum atomic E-state index is -0.767. The molecule has 2 N–H and O–H groups in total. The van der Waals surface area contributed by atoms with Crippen LogP contribution in [-0.2, 0) is 16.1 Å². The number of aliphatic hydroxyl groups is 1. The summed E-state index contributed by atoms with van der Waals surface area (Å²) < 4.78 is 10.3. The number of aliphatic hydroxyl groups excluding tert-OH is 1. The number of aryl methyl sites for hydroxylation is 1. The van der Waals surface area contributed by atoms with Gasteiger partial charge in [-0.1, -0.05) is 17.7 Å². The second-order valence-electron chi connectivity index (χ2n) is 4.93. The van der Waals surface area contributed by atoms with Crippen LogP contribution in [0.4, 0.5) is 0 Å². The van der Waals surface area contributed by atoms with E-state index in [1.54, 1.807) is 7.11 Å². The summed E-state index contributed by atoms with van der Waals surface area (Å²) >= 11 is 0. The predicted molar refractivity (Wildman–Crippen MR) is 69.9 cm³/mol. The summed E-state index contributed by atoms with van der Waals surface area (Å²) in [4.78, 5) is 12.0. The number of amides is 1. The molecule has 1 heterocycles. The Balaban J connectivity index is 2.02. The number of methoxy groups -OCH3 is 1. The van der Waals surface area contributed by atoms with Gasteiger partial charge in [0.05, 0.1) is 26.9 Å². The van der Waals surface area contributed by atoms with Crippen LogP contribution >= 0.6 is 0 Å². The molecule has 0 saturated carbocycles. The highest BCUT2D eigenvalue weighted by molar-refractivity contribution is 5.83. The van der Waals surface area contributed by atoms with Crippen molar-refractivity contribution in [3.63, 3.8) is 0 Å². The molecule has 0 aliphatic carbocycles. The summed E-state index contributed by atoms with van der Waals surface area (Å²) in [5.41, 5.74) is 1.26. The maximum absolute atomic E-state index is 12.0. The largest absolute Gasteiger partial charge is 0.496 e. The first-order valence-electron chi connectivity index (χ1n) is 6.22. The zero-order chi connectivity index (χ0) is 13.9. The quantitative estimate of drug-likeness (QED) is 0.819. The Morgan fingerprint density at radius 1 is 1.53 bits per heavy atom. The van der Waals surface area contributed by atoms with Gasteiger partial charge in [-0.3, -0.25) is 4.79 Å². The number of ether oxygens (including phenoxy) is 2. The molecule has 104 valence electrons. The molecule has 0 radical (unpaired) electrons. The van der Waals surface area contributed by atoms with Crippen molar-refractivity contribution in [2.24, 2.45) is 5.41 Å². The highest BCUT2D eigenvalue weighted by Crippen LogP contribution is 2.27. The fourth-order valence-electron chi connectivity index (χ4n) is 2.05. The van der Waals surface area contributed by atoms with Gasteiger partial charge in [-0.15, -0.1) is 0 Å². The van der Waals surface area contributed by atoms with Crippen LogP contribution in [0.25, 0.3) is 0 Å². The van der Waals surface area contributed by atoms with E-state index in [0.717, 1.165) is 16.9 Å². The zero-order valence-corrected chi connectivity index (χ0v) is 11.2. The summed E-state index contributed by atoms with van der Waals surface area (Å²) in [6.45, 7) is 2.73. The summed E-state index contributed by atoms with van der Waals surface area (Å²) in [5, 5.41) is 12.1. The number of hydrogen-bond acceptors (Lipinski definition) is 4. The fraction of sp³-hybridized carbons (Fsp3) is 0.500. The third kappa shape index (κ3) is 2.72. The first-order chi connectivity index (χ1) is 9.11. The summed E-state index contributed by atoms with van der Waals surface area (Å²) in [6, 6.07) is 5.81. The topological polar surface area (TPSA) is 67.8 Å². The number of benzene rings is 1. The van der Waals surface area contributed by atoms with Crippen molar-refractivity contribution in [2.45, 2.75) is 13.5 Å². The fourth-order valence-corrected chi connectivity index (χ4v) is 2.05. The number of rotatable bonds is 5. The average Bonchev–Trinajstić information content (AvgIpc) is 2.36. The molecule has 5 heteroatoms. The minimum Gasteiger partial charge on any atom is -0.496 e. The molecular weight excluding hydrogens is 246 g/mol. The zero-order valence-electron chi connectivity index (χ0n) is 11.2. The van der Waals surface area contributed by atoms with Gasteiger partial charge < -0.3 is 19.9 Å². The lowest BCUT2D eigenvalue weighted by Gasteiger charge is -2.38. The molecule has 1 aliphatic heterocycles. The molecule has 0 aromatic heterocycles. The van der Waals surface area contributed by atoms with Crippen molar-refractivity contribution in [3.05, 3.63) is 29.3 Å². The van der Waals surface area contributed by atoms with Gasteiger partial charge in [-0.05, 0) is 13.0 Å². The number of hydrogen-bond donors (Lipinski definition) is 2. The standard InChI is InChI=1S/C14H19NO4/c1-10-3-4-12(18-2)11(5-10)6-15-13(17)14(7-16)8-19-9-14/h3-5,16H,6-9H2,1-2H3,(H,15,17). The van der Waals surface area contributed by atoms with Gasteiger partial charge in [0.25, 0.3) is 0 Å². The molecule has 1 aromatic carbocycles. The van der Waals surface area contributed by atoms with E-state index < -0.39 is 5.41 Å². The van der Waals surface area contributed by atoms with Crippen LogP contribution in [0.5, 0.6) is 5.75 Å². The number of nitrogens with one attached hydrogen (secondary N) is 1. The Bertz CT molecular complexity index is 463. The van der Waals surface area contributed by atoms with Gasteiger partial charge in [-0.25, -0.2) is 0 Å². The van der Waals surface area contributed by atoms with E-state index in [-0.39, 0.29) is 25.7 Å². The summed E-state index contributed by atoms with van der Waals surface area (Å²) in [5.74, 6) is 0.568. The smallest absolute Gasteiger partial charge is 0.233 e. The molecule has 0 spiro atoms. The van der Waals surface area contributed by atoms with Crippen LogP contribution in [0.3, 0.4) is 0 Å². The van der Waals surface area contributed by atoms with Crippen LogP contribution in [0, 0.1) is 12.3 Å². The van der Waals surface area contributed by atoms with Crippen molar-refractivity contribution in [1.82, 2.24) is 5.32 Å². The van der Waals surface area contributed by atoms with Crippen LogP contribution in [0.15, 0.2) is 18.2 Å². The molecule has 0 unspecified atom stereocenters. The number of carbonyl (C=O) groups is 1.